The lowest BCUT2D eigenvalue weighted by Gasteiger charge is -2.26. The van der Waals surface area contributed by atoms with E-state index in [0.29, 0.717) is 11.8 Å². The van der Waals surface area contributed by atoms with Crippen LogP contribution in [0.3, 0.4) is 0 Å². The molecule has 1 atom stereocenters. The van der Waals surface area contributed by atoms with E-state index in [0.717, 1.165) is 23.7 Å². The van der Waals surface area contributed by atoms with Gasteiger partial charge in [-0.05, 0) is 19.8 Å². The van der Waals surface area contributed by atoms with Crippen LogP contribution in [0, 0.1) is 0 Å². The van der Waals surface area contributed by atoms with Crippen molar-refractivity contribution in [2.75, 3.05) is 31.4 Å². The number of nitrogens with zero attached hydrogens (tertiary/aromatic N) is 1. The van der Waals surface area contributed by atoms with Crippen LogP contribution in [-0.4, -0.2) is 26.8 Å². The van der Waals surface area contributed by atoms with Gasteiger partial charge in [-0.3, -0.25) is 0 Å². The van der Waals surface area contributed by atoms with Gasteiger partial charge in [-0.2, -0.15) is 0 Å². The van der Waals surface area contributed by atoms with Crippen LogP contribution >= 0.6 is 0 Å². The summed E-state index contributed by atoms with van der Waals surface area (Å²) < 4.78 is 10.6. The molecule has 1 aliphatic heterocycles. The van der Waals surface area contributed by atoms with E-state index in [1.54, 1.807) is 14.2 Å². The van der Waals surface area contributed by atoms with Crippen molar-refractivity contribution in [2.45, 2.75) is 25.8 Å². The zero-order chi connectivity index (χ0) is 12.4. The van der Waals surface area contributed by atoms with Crippen molar-refractivity contribution in [3.63, 3.8) is 0 Å². The third-order valence-electron chi connectivity index (χ3n) is 3.40. The highest BCUT2D eigenvalue weighted by atomic mass is 16.5. The molecule has 0 aromatic heterocycles. The van der Waals surface area contributed by atoms with Gasteiger partial charge >= 0.3 is 0 Å². The van der Waals surface area contributed by atoms with Gasteiger partial charge in [0.2, 0.25) is 0 Å². The highest BCUT2D eigenvalue weighted by molar-refractivity contribution is 5.73. The number of ether oxygens (including phenoxy) is 2. The van der Waals surface area contributed by atoms with Gasteiger partial charge in [0.05, 0.1) is 25.6 Å². The number of hydrogen-bond donors (Lipinski definition) is 1. The molecular weight excluding hydrogens is 216 g/mol. The van der Waals surface area contributed by atoms with Gasteiger partial charge in [0, 0.05) is 24.7 Å². The molecule has 1 aromatic carbocycles. The van der Waals surface area contributed by atoms with Crippen LogP contribution in [0.4, 0.5) is 11.4 Å². The topological polar surface area (TPSA) is 47.7 Å². The van der Waals surface area contributed by atoms with Crippen LogP contribution in [0.25, 0.3) is 0 Å². The maximum absolute atomic E-state index is 6.09. The van der Waals surface area contributed by atoms with E-state index in [4.69, 9.17) is 15.2 Å². The van der Waals surface area contributed by atoms with Crippen molar-refractivity contribution in [3.8, 4) is 11.5 Å². The molecule has 1 unspecified atom stereocenters. The minimum atomic E-state index is 0.537. The fraction of sp³-hybridized carbons (Fsp3) is 0.538. The molecule has 1 heterocycles. The second-order valence-electron chi connectivity index (χ2n) is 4.45. The van der Waals surface area contributed by atoms with E-state index in [1.807, 2.05) is 12.1 Å². The number of benzene rings is 1. The molecule has 0 aliphatic carbocycles. The summed E-state index contributed by atoms with van der Waals surface area (Å²) in [5.74, 6) is 1.41. The SMILES string of the molecule is COc1cc(N)c(N2CCCC2C)cc1OC. The van der Waals surface area contributed by atoms with Gasteiger partial charge in [0.1, 0.15) is 0 Å². The van der Waals surface area contributed by atoms with Crippen molar-refractivity contribution in [1.82, 2.24) is 0 Å². The Balaban J connectivity index is 2.40. The van der Waals surface area contributed by atoms with E-state index in [9.17, 15) is 0 Å². The number of methoxy groups -OCH3 is 2. The minimum Gasteiger partial charge on any atom is -0.493 e. The van der Waals surface area contributed by atoms with E-state index < -0.39 is 0 Å². The smallest absolute Gasteiger partial charge is 0.162 e. The van der Waals surface area contributed by atoms with Gasteiger partial charge in [-0.15, -0.1) is 0 Å². The second kappa shape index (κ2) is 4.73. The van der Waals surface area contributed by atoms with Crippen LogP contribution in [-0.2, 0) is 0 Å². The number of anilines is 2. The molecule has 1 saturated heterocycles. The highest BCUT2D eigenvalue weighted by Gasteiger charge is 2.23. The summed E-state index contributed by atoms with van der Waals surface area (Å²) in [4.78, 5) is 2.33. The van der Waals surface area contributed by atoms with Crippen molar-refractivity contribution >= 4 is 11.4 Å². The first-order valence-electron chi connectivity index (χ1n) is 5.95. The third kappa shape index (κ3) is 2.12. The average molecular weight is 236 g/mol. The van der Waals surface area contributed by atoms with Crippen molar-refractivity contribution in [3.05, 3.63) is 12.1 Å². The molecule has 1 fully saturated rings. The Labute approximate surface area is 102 Å². The second-order valence-corrected chi connectivity index (χ2v) is 4.45. The summed E-state index contributed by atoms with van der Waals surface area (Å²) in [6, 6.07) is 4.34. The van der Waals surface area contributed by atoms with Crippen LogP contribution in [0.2, 0.25) is 0 Å². The fourth-order valence-corrected chi connectivity index (χ4v) is 2.42. The molecule has 0 spiro atoms. The number of rotatable bonds is 3. The zero-order valence-corrected chi connectivity index (χ0v) is 10.7. The molecule has 0 bridgehead atoms. The quantitative estimate of drug-likeness (QED) is 0.818. The van der Waals surface area contributed by atoms with Gasteiger partial charge in [0.25, 0.3) is 0 Å². The summed E-state index contributed by atoms with van der Waals surface area (Å²) in [6.07, 6.45) is 2.43. The molecular formula is C13H20N2O2. The predicted molar refractivity (Wildman–Crippen MR) is 70.0 cm³/mol. The summed E-state index contributed by atoms with van der Waals surface area (Å²) >= 11 is 0. The highest BCUT2D eigenvalue weighted by Crippen LogP contribution is 2.39. The molecule has 4 nitrogen and oxygen atoms in total. The maximum Gasteiger partial charge on any atom is 0.162 e. The molecule has 4 heteroatoms. The first-order valence-corrected chi connectivity index (χ1v) is 5.95. The van der Waals surface area contributed by atoms with Crippen LogP contribution in [0.15, 0.2) is 12.1 Å². The molecule has 2 N–H and O–H groups in total. The molecule has 0 saturated carbocycles. The molecule has 94 valence electrons. The molecule has 2 rings (SSSR count). The molecule has 0 radical (unpaired) electrons. The van der Waals surface area contributed by atoms with Crippen molar-refractivity contribution in [1.29, 1.82) is 0 Å². The van der Waals surface area contributed by atoms with E-state index in [2.05, 4.69) is 11.8 Å². The summed E-state index contributed by atoms with van der Waals surface area (Å²) in [7, 11) is 3.26. The Hall–Kier alpha value is -1.58. The van der Waals surface area contributed by atoms with Crippen molar-refractivity contribution < 1.29 is 9.47 Å². The summed E-state index contributed by atoms with van der Waals surface area (Å²) in [6.45, 7) is 3.28. The van der Waals surface area contributed by atoms with Gasteiger partial charge in [0.15, 0.2) is 11.5 Å². The Morgan fingerprint density at radius 1 is 1.24 bits per heavy atom. The Bertz CT molecular complexity index is 407. The normalized spacial score (nSPS) is 19.5. The first kappa shape index (κ1) is 11.9. The maximum atomic E-state index is 6.09. The van der Waals surface area contributed by atoms with Gasteiger partial charge in [-0.25, -0.2) is 0 Å². The Morgan fingerprint density at radius 2 is 1.88 bits per heavy atom. The largest absolute Gasteiger partial charge is 0.493 e. The molecule has 17 heavy (non-hydrogen) atoms. The molecule has 1 aromatic rings. The van der Waals surface area contributed by atoms with E-state index in [-0.39, 0.29) is 0 Å². The number of nitrogen functional groups attached to an aromatic ring is 1. The molecule has 1 aliphatic rings. The van der Waals surface area contributed by atoms with E-state index in [1.165, 1.54) is 12.8 Å². The summed E-state index contributed by atoms with van der Waals surface area (Å²) in [5.41, 5.74) is 7.88. The van der Waals surface area contributed by atoms with Gasteiger partial charge in [-0.1, -0.05) is 0 Å². The average Bonchev–Trinajstić information content (AvgIpc) is 2.75. The zero-order valence-electron chi connectivity index (χ0n) is 10.7. The van der Waals surface area contributed by atoms with Crippen LogP contribution in [0.1, 0.15) is 19.8 Å². The predicted octanol–water partition coefficient (Wildman–Crippen LogP) is 2.27. The summed E-state index contributed by atoms with van der Waals surface area (Å²) in [5, 5.41) is 0. The van der Waals surface area contributed by atoms with Gasteiger partial charge < -0.3 is 20.1 Å². The van der Waals surface area contributed by atoms with Crippen molar-refractivity contribution in [2.24, 2.45) is 0 Å². The molecule has 0 amide bonds. The van der Waals surface area contributed by atoms with Crippen LogP contribution in [0.5, 0.6) is 11.5 Å². The standard InChI is InChI=1S/C13H20N2O2/c1-9-5-4-6-15(9)11-8-13(17-3)12(16-2)7-10(11)14/h7-9H,4-6,14H2,1-3H3. The van der Waals surface area contributed by atoms with Crippen LogP contribution < -0.4 is 20.1 Å². The Morgan fingerprint density at radius 3 is 2.41 bits per heavy atom. The minimum absolute atomic E-state index is 0.537. The third-order valence-corrected chi connectivity index (χ3v) is 3.40. The van der Waals surface area contributed by atoms with E-state index >= 15 is 0 Å². The number of nitrogens with two attached hydrogens (primary N) is 1. The lowest BCUT2D eigenvalue weighted by molar-refractivity contribution is 0.355. The lowest BCUT2D eigenvalue weighted by Crippen LogP contribution is -2.27. The first-order chi connectivity index (χ1) is 8.17. The lowest BCUT2D eigenvalue weighted by atomic mass is 10.2. The monoisotopic (exact) mass is 236 g/mol. The number of hydrogen-bond acceptors (Lipinski definition) is 4. The fourth-order valence-electron chi connectivity index (χ4n) is 2.42. The Kier molecular flexibility index (Phi) is 3.31.